The zero-order chi connectivity index (χ0) is 20.4. The van der Waals surface area contributed by atoms with Crippen molar-refractivity contribution in [2.75, 3.05) is 30.4 Å². The summed E-state index contributed by atoms with van der Waals surface area (Å²) in [6.45, 7) is 6.27. The molecule has 29 heavy (non-hydrogen) atoms. The van der Waals surface area contributed by atoms with E-state index in [1.807, 2.05) is 37.4 Å². The van der Waals surface area contributed by atoms with E-state index >= 15 is 0 Å². The van der Waals surface area contributed by atoms with Gasteiger partial charge in [-0.05, 0) is 80.9 Å². The van der Waals surface area contributed by atoms with Crippen molar-refractivity contribution in [1.29, 1.82) is 0 Å². The fraction of sp³-hybridized carbons (Fsp3) is 0.333. The summed E-state index contributed by atoms with van der Waals surface area (Å²) in [5.74, 6) is 1.26. The van der Waals surface area contributed by atoms with E-state index in [1.165, 1.54) is 16.8 Å². The molecule has 2 unspecified atom stereocenters. The Bertz CT molecular complexity index is 965. The summed E-state index contributed by atoms with van der Waals surface area (Å²) in [6.07, 6.45) is 0.262. The second kappa shape index (κ2) is 8.31. The lowest BCUT2D eigenvalue weighted by atomic mass is 10.1. The first-order valence-electron chi connectivity index (χ1n) is 10.2. The van der Waals surface area contributed by atoms with Crippen LogP contribution in [-0.4, -0.2) is 31.3 Å². The van der Waals surface area contributed by atoms with Gasteiger partial charge in [-0.15, -0.1) is 0 Å². The van der Waals surface area contributed by atoms with Crippen molar-refractivity contribution in [2.24, 2.45) is 0 Å². The van der Waals surface area contributed by atoms with E-state index < -0.39 is 6.23 Å². The first kappa shape index (κ1) is 19.6. The smallest absolute Gasteiger partial charge is 0.184 e. The van der Waals surface area contributed by atoms with Gasteiger partial charge < -0.3 is 25.1 Å². The molecule has 1 fully saturated rings. The number of aryl methyl sites for hydroxylation is 2. The number of rotatable bonds is 6. The third kappa shape index (κ3) is 4.31. The van der Waals surface area contributed by atoms with Crippen LogP contribution < -0.4 is 15.5 Å². The Morgan fingerprint density at radius 2 is 1.83 bits per heavy atom. The molecule has 0 radical (unpaired) electrons. The molecule has 1 saturated heterocycles. The highest BCUT2D eigenvalue weighted by atomic mass is 16.4. The molecular weight excluding hydrogens is 362 g/mol. The lowest BCUT2D eigenvalue weighted by molar-refractivity contribution is 0.179. The van der Waals surface area contributed by atoms with Gasteiger partial charge in [-0.3, -0.25) is 0 Å². The predicted molar refractivity (Wildman–Crippen MR) is 118 cm³/mol. The number of likely N-dealkylation sites (N-methyl/N-ethyl adjacent to an activating group) is 1. The van der Waals surface area contributed by atoms with Crippen LogP contribution in [-0.2, 0) is 0 Å². The number of hydrogen-bond acceptors (Lipinski definition) is 5. The normalized spacial score (nSPS) is 17.5. The number of hydrogen-bond donors (Lipinski definition) is 3. The van der Waals surface area contributed by atoms with Gasteiger partial charge in [-0.1, -0.05) is 12.1 Å². The second-order valence-electron chi connectivity index (χ2n) is 7.82. The van der Waals surface area contributed by atoms with Gasteiger partial charge in [0.05, 0.1) is 0 Å². The monoisotopic (exact) mass is 391 g/mol. The molecule has 0 spiro atoms. The molecule has 152 valence electrons. The van der Waals surface area contributed by atoms with Crippen LogP contribution in [0.3, 0.4) is 0 Å². The SMILES string of the molecule is CNC1CCN(c2ccc(NC(O)c3ccc(-c4ccc(C)c(C)c4)o3)cc2)C1. The number of aliphatic hydroxyl groups excluding tert-OH is 1. The van der Waals surface area contributed by atoms with Crippen molar-refractivity contribution in [3.05, 3.63) is 71.5 Å². The highest BCUT2D eigenvalue weighted by Crippen LogP contribution is 2.28. The summed E-state index contributed by atoms with van der Waals surface area (Å²) in [7, 11) is 2.02. The van der Waals surface area contributed by atoms with Gasteiger partial charge in [0.1, 0.15) is 5.76 Å². The standard InChI is InChI=1S/C24H29N3O2/c1-16-4-5-18(14-17(16)2)22-10-11-23(29-22)24(28)26-19-6-8-21(9-7-19)27-13-12-20(15-27)25-3/h4-11,14,20,24-26,28H,12-13,15H2,1-3H3. The molecule has 1 aliphatic heterocycles. The van der Waals surface area contributed by atoms with Gasteiger partial charge in [0.25, 0.3) is 0 Å². The van der Waals surface area contributed by atoms with E-state index in [9.17, 15) is 5.11 Å². The van der Waals surface area contributed by atoms with Crippen molar-refractivity contribution in [3.8, 4) is 11.3 Å². The van der Waals surface area contributed by atoms with Crippen LogP contribution in [0.15, 0.2) is 59.0 Å². The first-order chi connectivity index (χ1) is 14.0. The van der Waals surface area contributed by atoms with E-state index in [-0.39, 0.29) is 0 Å². The Morgan fingerprint density at radius 1 is 1.03 bits per heavy atom. The summed E-state index contributed by atoms with van der Waals surface area (Å²) in [6, 6.07) is 18.7. The maximum absolute atomic E-state index is 10.6. The lowest BCUT2D eigenvalue weighted by Crippen LogP contribution is -2.29. The number of aliphatic hydroxyl groups is 1. The maximum Gasteiger partial charge on any atom is 0.184 e. The minimum atomic E-state index is -0.901. The van der Waals surface area contributed by atoms with Crippen LogP contribution in [0.2, 0.25) is 0 Å². The van der Waals surface area contributed by atoms with Gasteiger partial charge in [0.15, 0.2) is 12.0 Å². The quantitative estimate of drug-likeness (QED) is 0.542. The van der Waals surface area contributed by atoms with Gasteiger partial charge in [0.2, 0.25) is 0 Å². The topological polar surface area (TPSA) is 60.7 Å². The molecular formula is C24H29N3O2. The number of nitrogens with one attached hydrogen (secondary N) is 2. The van der Waals surface area contributed by atoms with Crippen LogP contribution in [0.4, 0.5) is 11.4 Å². The van der Waals surface area contributed by atoms with Gasteiger partial charge in [-0.2, -0.15) is 0 Å². The summed E-state index contributed by atoms with van der Waals surface area (Å²) in [4.78, 5) is 2.38. The van der Waals surface area contributed by atoms with Gasteiger partial charge >= 0.3 is 0 Å². The highest BCUT2D eigenvalue weighted by Gasteiger charge is 2.21. The van der Waals surface area contributed by atoms with Crippen LogP contribution >= 0.6 is 0 Å². The summed E-state index contributed by atoms with van der Waals surface area (Å²) in [5, 5.41) is 17.0. The molecule has 2 heterocycles. The van der Waals surface area contributed by atoms with Crippen LogP contribution in [0.25, 0.3) is 11.3 Å². The summed E-state index contributed by atoms with van der Waals surface area (Å²) in [5.41, 5.74) is 5.55. The van der Waals surface area contributed by atoms with Crippen molar-refractivity contribution in [2.45, 2.75) is 32.5 Å². The average Bonchev–Trinajstić information content (AvgIpc) is 3.40. The zero-order valence-corrected chi connectivity index (χ0v) is 17.3. The molecule has 3 aromatic rings. The number of benzene rings is 2. The molecule has 2 aromatic carbocycles. The molecule has 0 aliphatic carbocycles. The second-order valence-corrected chi connectivity index (χ2v) is 7.82. The largest absolute Gasteiger partial charge is 0.456 e. The van der Waals surface area contributed by atoms with E-state index in [0.717, 1.165) is 36.5 Å². The summed E-state index contributed by atoms with van der Waals surface area (Å²) >= 11 is 0. The number of anilines is 2. The predicted octanol–water partition coefficient (Wildman–Crippen LogP) is 4.46. The highest BCUT2D eigenvalue weighted by molar-refractivity contribution is 5.60. The molecule has 4 rings (SSSR count). The third-order valence-electron chi connectivity index (χ3n) is 5.82. The molecule has 0 bridgehead atoms. The van der Waals surface area contributed by atoms with E-state index in [4.69, 9.17) is 4.42 Å². The average molecular weight is 392 g/mol. The lowest BCUT2D eigenvalue weighted by Gasteiger charge is -2.19. The summed E-state index contributed by atoms with van der Waals surface area (Å²) < 4.78 is 5.90. The molecule has 0 saturated carbocycles. The number of nitrogens with zero attached hydrogens (tertiary/aromatic N) is 1. The Morgan fingerprint density at radius 3 is 2.52 bits per heavy atom. The first-order valence-corrected chi connectivity index (χ1v) is 10.2. The fourth-order valence-electron chi connectivity index (χ4n) is 3.78. The molecule has 5 nitrogen and oxygen atoms in total. The molecule has 3 N–H and O–H groups in total. The Balaban J connectivity index is 1.41. The number of furan rings is 1. The van der Waals surface area contributed by atoms with Crippen LogP contribution in [0.1, 0.15) is 29.5 Å². The van der Waals surface area contributed by atoms with Gasteiger partial charge in [-0.25, -0.2) is 0 Å². The van der Waals surface area contributed by atoms with Crippen molar-refractivity contribution >= 4 is 11.4 Å². The Hall–Kier alpha value is -2.76. The third-order valence-corrected chi connectivity index (χ3v) is 5.82. The van der Waals surface area contributed by atoms with Crippen molar-refractivity contribution < 1.29 is 9.52 Å². The zero-order valence-electron chi connectivity index (χ0n) is 17.3. The molecule has 2 atom stereocenters. The maximum atomic E-state index is 10.6. The van der Waals surface area contributed by atoms with Crippen molar-refractivity contribution in [1.82, 2.24) is 5.32 Å². The van der Waals surface area contributed by atoms with Crippen LogP contribution in [0, 0.1) is 13.8 Å². The minimum absolute atomic E-state index is 0.499. The van der Waals surface area contributed by atoms with E-state index in [2.05, 4.69) is 53.6 Å². The van der Waals surface area contributed by atoms with Crippen molar-refractivity contribution in [3.63, 3.8) is 0 Å². The van der Waals surface area contributed by atoms with E-state index in [1.54, 1.807) is 0 Å². The molecule has 0 amide bonds. The Labute approximate surface area is 172 Å². The van der Waals surface area contributed by atoms with Gasteiger partial charge in [0, 0.05) is 36.1 Å². The van der Waals surface area contributed by atoms with Crippen LogP contribution in [0.5, 0.6) is 0 Å². The molecule has 5 heteroatoms. The fourth-order valence-corrected chi connectivity index (χ4v) is 3.78. The minimum Gasteiger partial charge on any atom is -0.456 e. The molecule has 1 aliphatic rings. The molecule has 1 aromatic heterocycles. The van der Waals surface area contributed by atoms with E-state index in [0.29, 0.717) is 11.8 Å². The Kier molecular flexibility index (Phi) is 5.60.